The van der Waals surface area contributed by atoms with Gasteiger partial charge in [-0.25, -0.2) is 9.79 Å². The number of carbonyl (C=O) groups excluding carboxylic acids is 1. The van der Waals surface area contributed by atoms with Crippen molar-refractivity contribution >= 4 is 29.2 Å². The average Bonchev–Trinajstić information content (AvgIpc) is 3.35. The monoisotopic (exact) mass is 507 g/mol. The number of esters is 1. The minimum atomic E-state index is -6.55. The standard InChI is InChI=1S/C20H9ClF7N3O3/c1-8-7-9(14-30-31-17(34-14)18(22,23)19(24,25)20(26,27)28)5-6-12(8)29-15-10-3-2-4-11(21)13(10)16(32)33-15/h2-7H,1H3/b29-15-. The molecule has 0 bridgehead atoms. The van der Waals surface area contributed by atoms with E-state index in [4.69, 9.17) is 16.3 Å². The summed E-state index contributed by atoms with van der Waals surface area (Å²) in [6.45, 7) is 1.52. The molecule has 0 atom stereocenters. The van der Waals surface area contributed by atoms with E-state index in [0.29, 0.717) is 11.1 Å². The molecular formula is C20H9ClF7N3O3. The summed E-state index contributed by atoms with van der Waals surface area (Å²) in [7, 11) is 0. The molecule has 178 valence electrons. The Hall–Kier alpha value is -3.48. The number of aromatic nitrogens is 2. The molecule has 2 heterocycles. The van der Waals surface area contributed by atoms with E-state index < -0.39 is 35.8 Å². The Morgan fingerprint density at radius 2 is 1.71 bits per heavy atom. The van der Waals surface area contributed by atoms with Crippen LogP contribution in [-0.2, 0) is 10.7 Å². The molecule has 4 rings (SSSR count). The van der Waals surface area contributed by atoms with Crippen LogP contribution < -0.4 is 0 Å². The maximum atomic E-state index is 13.8. The summed E-state index contributed by atoms with van der Waals surface area (Å²) in [5, 5.41) is 6.00. The summed E-state index contributed by atoms with van der Waals surface area (Å²) >= 11 is 6.00. The molecule has 0 fully saturated rings. The second kappa shape index (κ2) is 7.79. The normalized spacial score (nSPS) is 15.6. The molecule has 1 aromatic heterocycles. The van der Waals surface area contributed by atoms with Gasteiger partial charge in [0.2, 0.25) is 11.8 Å². The minimum absolute atomic E-state index is 0.0487. The van der Waals surface area contributed by atoms with Crippen LogP contribution in [0.3, 0.4) is 0 Å². The largest absolute Gasteiger partial charge is 0.460 e. The molecule has 0 radical (unpaired) electrons. The number of benzene rings is 2. The molecule has 0 saturated heterocycles. The van der Waals surface area contributed by atoms with Crippen LogP contribution in [0.25, 0.3) is 11.5 Å². The van der Waals surface area contributed by atoms with Crippen LogP contribution in [0.15, 0.2) is 45.8 Å². The van der Waals surface area contributed by atoms with Crippen LogP contribution in [-0.4, -0.2) is 34.2 Å². The van der Waals surface area contributed by atoms with Gasteiger partial charge in [0.15, 0.2) is 0 Å². The first kappa shape index (κ1) is 23.7. The van der Waals surface area contributed by atoms with E-state index in [0.717, 1.165) is 0 Å². The van der Waals surface area contributed by atoms with Gasteiger partial charge < -0.3 is 9.15 Å². The van der Waals surface area contributed by atoms with Crippen LogP contribution in [0.2, 0.25) is 5.02 Å². The molecular weight excluding hydrogens is 499 g/mol. The van der Waals surface area contributed by atoms with Gasteiger partial charge in [-0.15, -0.1) is 10.2 Å². The van der Waals surface area contributed by atoms with Gasteiger partial charge in [-0.05, 0) is 42.8 Å². The Balaban J connectivity index is 1.65. The predicted octanol–water partition coefficient (Wildman–Crippen LogP) is 6.24. The fourth-order valence-electron chi connectivity index (χ4n) is 2.99. The van der Waals surface area contributed by atoms with Crippen molar-refractivity contribution in [1.29, 1.82) is 0 Å². The van der Waals surface area contributed by atoms with Crippen LogP contribution in [0.1, 0.15) is 27.4 Å². The number of rotatable bonds is 4. The summed E-state index contributed by atoms with van der Waals surface area (Å²) in [6.07, 6.45) is -6.55. The number of alkyl halides is 7. The van der Waals surface area contributed by atoms with Gasteiger partial charge in [0.05, 0.1) is 21.8 Å². The number of hydrogen-bond acceptors (Lipinski definition) is 6. The molecule has 6 nitrogen and oxygen atoms in total. The molecule has 34 heavy (non-hydrogen) atoms. The van der Waals surface area contributed by atoms with Crippen molar-refractivity contribution < 1.29 is 44.7 Å². The Bertz CT molecular complexity index is 1340. The zero-order chi connectivity index (χ0) is 25.1. The van der Waals surface area contributed by atoms with Crippen LogP contribution in [0, 0.1) is 6.92 Å². The maximum absolute atomic E-state index is 13.8. The van der Waals surface area contributed by atoms with Crippen molar-refractivity contribution in [3.63, 3.8) is 0 Å². The lowest BCUT2D eigenvalue weighted by Crippen LogP contribution is -2.50. The van der Waals surface area contributed by atoms with E-state index in [-0.39, 0.29) is 27.7 Å². The Kier molecular flexibility index (Phi) is 5.42. The number of cyclic esters (lactones) is 1. The van der Waals surface area contributed by atoms with Crippen LogP contribution in [0.5, 0.6) is 0 Å². The number of ether oxygens (including phenoxy) is 1. The van der Waals surface area contributed by atoms with Crippen molar-refractivity contribution in [3.8, 4) is 11.5 Å². The zero-order valence-corrected chi connectivity index (χ0v) is 17.3. The molecule has 1 aliphatic heterocycles. The highest BCUT2D eigenvalue weighted by Gasteiger charge is 2.76. The van der Waals surface area contributed by atoms with E-state index in [1.807, 2.05) is 0 Å². The predicted molar refractivity (Wildman–Crippen MR) is 102 cm³/mol. The van der Waals surface area contributed by atoms with Crippen molar-refractivity contribution in [1.82, 2.24) is 10.2 Å². The molecule has 0 unspecified atom stereocenters. The zero-order valence-electron chi connectivity index (χ0n) is 16.6. The second-order valence-electron chi connectivity index (χ2n) is 7.03. The van der Waals surface area contributed by atoms with Gasteiger partial charge in [-0.3, -0.25) is 0 Å². The fraction of sp³-hybridized carbons (Fsp3) is 0.200. The van der Waals surface area contributed by atoms with E-state index >= 15 is 0 Å². The lowest BCUT2D eigenvalue weighted by atomic mass is 10.1. The Morgan fingerprint density at radius 1 is 1.00 bits per heavy atom. The number of carbonyl (C=O) groups is 1. The highest BCUT2D eigenvalue weighted by Crippen LogP contribution is 2.51. The van der Waals surface area contributed by atoms with Gasteiger partial charge >= 0.3 is 24.0 Å². The molecule has 0 spiro atoms. The first-order chi connectivity index (χ1) is 15.7. The number of hydrogen-bond donors (Lipinski definition) is 0. The molecule has 1 aliphatic rings. The van der Waals surface area contributed by atoms with Gasteiger partial charge in [-0.2, -0.15) is 30.7 Å². The van der Waals surface area contributed by atoms with Gasteiger partial charge in [0.25, 0.3) is 5.89 Å². The quantitative estimate of drug-likeness (QED) is 0.309. The van der Waals surface area contributed by atoms with Crippen molar-refractivity contribution in [2.45, 2.75) is 24.9 Å². The second-order valence-corrected chi connectivity index (χ2v) is 7.44. The smallest absolute Gasteiger partial charge is 0.415 e. The summed E-state index contributed by atoms with van der Waals surface area (Å²) in [5.74, 6) is -15.9. The van der Waals surface area contributed by atoms with E-state index in [1.165, 1.54) is 31.2 Å². The van der Waals surface area contributed by atoms with Crippen molar-refractivity contribution in [2.24, 2.45) is 4.99 Å². The van der Waals surface area contributed by atoms with Gasteiger partial charge in [0.1, 0.15) is 0 Å². The molecule has 0 amide bonds. The van der Waals surface area contributed by atoms with Crippen molar-refractivity contribution in [2.75, 3.05) is 0 Å². The summed E-state index contributed by atoms with van der Waals surface area (Å²) in [5.41, 5.74) is 1.04. The third-order valence-corrected chi connectivity index (χ3v) is 5.06. The third kappa shape index (κ3) is 3.69. The lowest BCUT2D eigenvalue weighted by molar-refractivity contribution is -0.364. The molecule has 0 saturated carbocycles. The SMILES string of the molecule is Cc1cc(-c2nnc(C(F)(F)C(F)(F)C(F)(F)F)o2)ccc1/N=C1\OC(=O)c2c(Cl)cccc21. The molecule has 0 N–H and O–H groups in total. The third-order valence-electron chi connectivity index (χ3n) is 4.75. The van der Waals surface area contributed by atoms with Crippen LogP contribution in [0.4, 0.5) is 36.4 Å². The topological polar surface area (TPSA) is 77.6 Å². The maximum Gasteiger partial charge on any atom is 0.460 e. The number of aryl methyl sites for hydroxylation is 1. The average molecular weight is 508 g/mol. The minimum Gasteiger partial charge on any atom is -0.415 e. The fourth-order valence-corrected chi connectivity index (χ4v) is 3.24. The van der Waals surface area contributed by atoms with Crippen LogP contribution >= 0.6 is 11.6 Å². The Morgan fingerprint density at radius 3 is 2.35 bits per heavy atom. The molecule has 2 aromatic carbocycles. The summed E-state index contributed by atoms with van der Waals surface area (Å²) < 4.78 is 101. The van der Waals surface area contributed by atoms with Gasteiger partial charge in [0, 0.05) is 5.56 Å². The molecule has 3 aromatic rings. The Labute approximate surface area is 190 Å². The summed E-state index contributed by atoms with van der Waals surface area (Å²) in [6, 6.07) is 8.48. The number of nitrogens with zero attached hydrogens (tertiary/aromatic N) is 3. The number of aliphatic imine (C=N–C) groups is 1. The highest BCUT2D eigenvalue weighted by atomic mass is 35.5. The molecule has 14 heteroatoms. The van der Waals surface area contributed by atoms with E-state index in [1.54, 1.807) is 12.1 Å². The van der Waals surface area contributed by atoms with Crippen molar-refractivity contribution in [3.05, 3.63) is 64.0 Å². The highest BCUT2D eigenvalue weighted by molar-refractivity contribution is 6.36. The number of halogens is 8. The first-order valence-electron chi connectivity index (χ1n) is 9.11. The van der Waals surface area contributed by atoms with E-state index in [2.05, 4.69) is 19.6 Å². The number of fused-ring (bicyclic) bond motifs is 1. The van der Waals surface area contributed by atoms with E-state index in [9.17, 15) is 35.5 Å². The first-order valence-corrected chi connectivity index (χ1v) is 9.49. The summed E-state index contributed by atoms with van der Waals surface area (Å²) in [4.78, 5) is 16.3. The molecule has 0 aliphatic carbocycles. The van der Waals surface area contributed by atoms with Gasteiger partial charge in [-0.1, -0.05) is 17.7 Å². The lowest BCUT2D eigenvalue weighted by Gasteiger charge is -2.25.